The van der Waals surface area contributed by atoms with Gasteiger partial charge in [-0.25, -0.2) is 0 Å². The number of carbonyl (C=O) groups excluding carboxylic acids is 2. The lowest BCUT2D eigenvalue weighted by Gasteiger charge is -2.17. The van der Waals surface area contributed by atoms with E-state index in [-0.39, 0.29) is 24.0 Å². The molecule has 0 aliphatic carbocycles. The van der Waals surface area contributed by atoms with Crippen LogP contribution in [-0.4, -0.2) is 53.8 Å². The van der Waals surface area contributed by atoms with Crippen LogP contribution < -0.4 is 4.90 Å². The molecular formula is C24H32ClN3O2. The first kappa shape index (κ1) is 22.6. The number of nitrogens with zero attached hydrogens (tertiary/aromatic N) is 3. The molecule has 5 nitrogen and oxygen atoms in total. The summed E-state index contributed by atoms with van der Waals surface area (Å²) in [7, 11) is 1.84. The normalized spacial score (nSPS) is 16.6. The Morgan fingerprint density at radius 1 is 0.900 bits per heavy atom. The van der Waals surface area contributed by atoms with Gasteiger partial charge >= 0.3 is 0 Å². The van der Waals surface area contributed by atoms with Gasteiger partial charge in [-0.3, -0.25) is 9.59 Å². The van der Waals surface area contributed by atoms with Crippen molar-refractivity contribution in [2.45, 2.75) is 38.5 Å². The molecule has 6 heteroatoms. The number of carbonyl (C=O) groups is 2. The maximum absolute atomic E-state index is 13.0. The van der Waals surface area contributed by atoms with Crippen molar-refractivity contribution in [2.24, 2.45) is 7.05 Å². The first-order valence-corrected chi connectivity index (χ1v) is 10.9. The van der Waals surface area contributed by atoms with Crippen molar-refractivity contribution in [3.05, 3.63) is 53.3 Å². The van der Waals surface area contributed by atoms with Crippen LogP contribution in [0.1, 0.15) is 64.9 Å². The third-order valence-corrected chi connectivity index (χ3v) is 6.24. The molecule has 4 rings (SSSR count). The maximum atomic E-state index is 13.0. The third kappa shape index (κ3) is 5.13. The number of aryl methyl sites for hydroxylation is 1. The Labute approximate surface area is 185 Å². The van der Waals surface area contributed by atoms with Crippen LogP contribution in [0.3, 0.4) is 0 Å². The number of halogens is 1. The van der Waals surface area contributed by atoms with Gasteiger partial charge in [0.15, 0.2) is 5.78 Å². The first-order chi connectivity index (χ1) is 14.1. The summed E-state index contributed by atoms with van der Waals surface area (Å²) in [5.74, 6) is 0.0971. The number of anilines is 1. The second-order valence-electron chi connectivity index (χ2n) is 8.37. The Morgan fingerprint density at radius 3 is 2.20 bits per heavy atom. The van der Waals surface area contributed by atoms with Crippen LogP contribution in [0.4, 0.5) is 5.69 Å². The number of hydrogen-bond donors (Lipinski definition) is 0. The molecule has 0 bridgehead atoms. The van der Waals surface area contributed by atoms with E-state index in [9.17, 15) is 9.59 Å². The van der Waals surface area contributed by atoms with Gasteiger partial charge in [-0.05, 0) is 82.1 Å². The number of Topliss-reactive ketones (excluding diaryl/α,β-unsaturated/α-hetero) is 1. The Morgan fingerprint density at radius 2 is 1.53 bits per heavy atom. The van der Waals surface area contributed by atoms with Crippen molar-refractivity contribution >= 4 is 29.7 Å². The van der Waals surface area contributed by atoms with Crippen molar-refractivity contribution in [2.75, 3.05) is 37.6 Å². The molecule has 1 aromatic heterocycles. The van der Waals surface area contributed by atoms with Crippen molar-refractivity contribution in [1.82, 2.24) is 9.47 Å². The summed E-state index contributed by atoms with van der Waals surface area (Å²) in [4.78, 5) is 30.3. The largest absolute Gasteiger partial charge is 0.372 e. The summed E-state index contributed by atoms with van der Waals surface area (Å²) in [5, 5.41) is 0. The van der Waals surface area contributed by atoms with Crippen LogP contribution in [0.25, 0.3) is 0 Å². The van der Waals surface area contributed by atoms with E-state index in [0.29, 0.717) is 23.2 Å². The molecule has 0 unspecified atom stereocenters. The van der Waals surface area contributed by atoms with Gasteiger partial charge in [0.25, 0.3) is 0 Å². The molecule has 2 fully saturated rings. The summed E-state index contributed by atoms with van der Waals surface area (Å²) in [5.41, 5.74) is 3.06. The minimum absolute atomic E-state index is 0. The molecular weight excluding hydrogens is 398 g/mol. The van der Waals surface area contributed by atoms with Crippen molar-refractivity contribution < 1.29 is 9.59 Å². The molecule has 1 aromatic carbocycles. The van der Waals surface area contributed by atoms with Gasteiger partial charge in [0.05, 0.1) is 5.69 Å². The molecule has 0 amide bonds. The maximum Gasteiger partial charge on any atom is 0.209 e. The van der Waals surface area contributed by atoms with E-state index in [1.165, 1.54) is 31.4 Å². The van der Waals surface area contributed by atoms with E-state index < -0.39 is 0 Å². The average molecular weight is 430 g/mol. The van der Waals surface area contributed by atoms with Gasteiger partial charge in [-0.2, -0.15) is 0 Å². The summed E-state index contributed by atoms with van der Waals surface area (Å²) in [6.45, 7) is 5.50. The highest BCUT2D eigenvalue weighted by Gasteiger charge is 2.19. The molecule has 0 atom stereocenters. The number of ketones is 2. The van der Waals surface area contributed by atoms with E-state index in [1.54, 1.807) is 16.8 Å². The number of benzene rings is 1. The standard InChI is InChI=1S/C24H31N3O2.ClH/c1-25-18-20(23(28)7-6-14-26-12-2-3-13-26)17-22(25)24(29)19-8-10-21(11-9-19)27-15-4-5-16-27;/h8-11,17-18H,2-7,12-16H2,1H3;1H. The zero-order valence-electron chi connectivity index (χ0n) is 17.8. The van der Waals surface area contributed by atoms with Crippen molar-refractivity contribution in [3.8, 4) is 0 Å². The zero-order chi connectivity index (χ0) is 20.2. The highest BCUT2D eigenvalue weighted by atomic mass is 35.5. The third-order valence-electron chi connectivity index (χ3n) is 6.24. The van der Waals surface area contributed by atoms with Crippen LogP contribution in [-0.2, 0) is 7.05 Å². The molecule has 2 aliphatic heterocycles. The van der Waals surface area contributed by atoms with Gasteiger partial charge < -0.3 is 14.4 Å². The van der Waals surface area contributed by atoms with Crippen LogP contribution in [0.15, 0.2) is 36.5 Å². The summed E-state index contributed by atoms with van der Waals surface area (Å²) < 4.78 is 1.78. The fourth-order valence-electron chi connectivity index (χ4n) is 4.50. The predicted octanol–water partition coefficient (Wildman–Crippen LogP) is 4.34. The summed E-state index contributed by atoms with van der Waals surface area (Å²) in [6.07, 6.45) is 8.24. The second kappa shape index (κ2) is 10.3. The quantitative estimate of drug-likeness (QED) is 0.585. The SMILES string of the molecule is Cl.Cn1cc(C(=O)CCCN2CCCC2)cc1C(=O)c1ccc(N2CCCC2)cc1. The minimum Gasteiger partial charge on any atom is -0.372 e. The molecule has 2 aromatic rings. The van der Waals surface area contributed by atoms with Crippen LogP contribution in [0.5, 0.6) is 0 Å². The molecule has 2 aliphatic rings. The number of aromatic nitrogens is 1. The summed E-state index contributed by atoms with van der Waals surface area (Å²) >= 11 is 0. The fourth-order valence-corrected chi connectivity index (χ4v) is 4.50. The number of hydrogen-bond acceptors (Lipinski definition) is 4. The van der Waals surface area contributed by atoms with Crippen LogP contribution in [0.2, 0.25) is 0 Å². The first-order valence-electron chi connectivity index (χ1n) is 10.9. The van der Waals surface area contributed by atoms with Gasteiger partial charge in [-0.15, -0.1) is 12.4 Å². The summed E-state index contributed by atoms with van der Waals surface area (Å²) in [6, 6.07) is 9.63. The Bertz CT molecular complexity index is 863. The minimum atomic E-state index is -0.0309. The van der Waals surface area contributed by atoms with Gasteiger partial charge in [0.2, 0.25) is 5.78 Å². The lowest BCUT2D eigenvalue weighted by molar-refractivity contribution is 0.0975. The molecule has 0 radical (unpaired) electrons. The Hall–Kier alpha value is -2.11. The molecule has 30 heavy (non-hydrogen) atoms. The van der Waals surface area contributed by atoms with E-state index in [1.807, 2.05) is 31.3 Å². The lowest BCUT2D eigenvalue weighted by atomic mass is 10.1. The van der Waals surface area contributed by atoms with E-state index in [4.69, 9.17) is 0 Å². The van der Waals surface area contributed by atoms with E-state index in [0.717, 1.165) is 39.1 Å². The monoisotopic (exact) mass is 429 g/mol. The molecule has 2 saturated heterocycles. The smallest absolute Gasteiger partial charge is 0.209 e. The van der Waals surface area contributed by atoms with Crippen molar-refractivity contribution in [1.29, 1.82) is 0 Å². The molecule has 0 saturated carbocycles. The van der Waals surface area contributed by atoms with Crippen molar-refractivity contribution in [3.63, 3.8) is 0 Å². The van der Waals surface area contributed by atoms with Gasteiger partial charge in [-0.1, -0.05) is 0 Å². The molecule has 3 heterocycles. The number of rotatable bonds is 8. The second-order valence-corrected chi connectivity index (χ2v) is 8.37. The Balaban J connectivity index is 0.00000256. The fraction of sp³-hybridized carbons (Fsp3) is 0.500. The molecule has 0 spiro atoms. The molecule has 0 N–H and O–H groups in total. The van der Waals surface area contributed by atoms with E-state index >= 15 is 0 Å². The van der Waals surface area contributed by atoms with Crippen LogP contribution in [0, 0.1) is 0 Å². The lowest BCUT2D eigenvalue weighted by Crippen LogP contribution is -2.20. The average Bonchev–Trinajstić information content (AvgIpc) is 3.49. The zero-order valence-corrected chi connectivity index (χ0v) is 18.6. The topological polar surface area (TPSA) is 45.6 Å². The van der Waals surface area contributed by atoms with Crippen LogP contribution >= 0.6 is 12.4 Å². The predicted molar refractivity (Wildman–Crippen MR) is 123 cm³/mol. The number of likely N-dealkylation sites (tertiary alicyclic amines) is 1. The van der Waals surface area contributed by atoms with Gasteiger partial charge in [0.1, 0.15) is 0 Å². The molecule has 162 valence electrons. The van der Waals surface area contributed by atoms with E-state index in [2.05, 4.69) is 9.80 Å². The highest BCUT2D eigenvalue weighted by Crippen LogP contribution is 2.22. The highest BCUT2D eigenvalue weighted by molar-refractivity contribution is 6.09. The van der Waals surface area contributed by atoms with Gasteiger partial charge in [0, 0.05) is 49.6 Å². The Kier molecular flexibility index (Phi) is 7.73.